The summed E-state index contributed by atoms with van der Waals surface area (Å²) in [5.41, 5.74) is 6.71. The van der Waals surface area contributed by atoms with E-state index in [4.69, 9.17) is 5.73 Å². The summed E-state index contributed by atoms with van der Waals surface area (Å²) in [4.78, 5) is 2.33. The van der Waals surface area contributed by atoms with E-state index in [2.05, 4.69) is 16.6 Å². The van der Waals surface area contributed by atoms with Crippen molar-refractivity contribution in [1.82, 2.24) is 4.90 Å². The Balaban J connectivity index is 1.96. The van der Waals surface area contributed by atoms with E-state index in [1.807, 2.05) is 0 Å². The van der Waals surface area contributed by atoms with E-state index in [1.165, 1.54) is 12.1 Å². The molecule has 3 nitrogen and oxygen atoms in total. The summed E-state index contributed by atoms with van der Waals surface area (Å²) in [6, 6.07) is 6.55. The third-order valence-electron chi connectivity index (χ3n) is 3.98. The molecule has 1 aromatic carbocycles. The fourth-order valence-electron chi connectivity index (χ4n) is 2.71. The second kappa shape index (κ2) is 6.66. The number of alkyl halides is 3. The molecule has 0 saturated carbocycles. The number of likely N-dealkylation sites (tertiary alicyclic amines) is 1. The molecule has 1 aromatic rings. The van der Waals surface area contributed by atoms with Crippen molar-refractivity contribution in [3.05, 3.63) is 29.8 Å². The molecule has 2 N–H and O–H groups in total. The topological polar surface area (TPSA) is 38.5 Å². The van der Waals surface area contributed by atoms with Gasteiger partial charge in [0.1, 0.15) is 5.75 Å². The van der Waals surface area contributed by atoms with Crippen molar-refractivity contribution in [2.75, 3.05) is 13.1 Å². The smallest absolute Gasteiger partial charge is 0.406 e. The van der Waals surface area contributed by atoms with E-state index in [0.29, 0.717) is 18.5 Å². The Bertz CT molecular complexity index is 447. The fourth-order valence-corrected chi connectivity index (χ4v) is 2.71. The van der Waals surface area contributed by atoms with E-state index in [0.717, 1.165) is 31.5 Å². The number of piperidine rings is 1. The van der Waals surface area contributed by atoms with Gasteiger partial charge in [0.05, 0.1) is 0 Å². The van der Waals surface area contributed by atoms with Crippen LogP contribution < -0.4 is 10.5 Å². The summed E-state index contributed by atoms with van der Waals surface area (Å²) in [5.74, 6) is 0.326. The van der Waals surface area contributed by atoms with Gasteiger partial charge in [0, 0.05) is 19.1 Å². The standard InChI is InChI=1S/C15H21F3N2O/c1-11-2-3-13(8-19)10-20(11)9-12-4-6-14(7-5-12)21-15(16,17)18/h4-7,11,13H,2-3,8-10,19H2,1H3. The molecule has 1 fully saturated rings. The Labute approximate surface area is 122 Å². The zero-order chi connectivity index (χ0) is 15.5. The molecule has 2 rings (SSSR count). The van der Waals surface area contributed by atoms with E-state index >= 15 is 0 Å². The molecule has 118 valence electrons. The van der Waals surface area contributed by atoms with Crippen LogP contribution in [0, 0.1) is 5.92 Å². The molecular formula is C15H21F3N2O. The Hall–Kier alpha value is -1.27. The van der Waals surface area contributed by atoms with Gasteiger partial charge in [0.25, 0.3) is 0 Å². The summed E-state index contributed by atoms with van der Waals surface area (Å²) < 4.78 is 40.2. The summed E-state index contributed by atoms with van der Waals surface area (Å²) in [5, 5.41) is 0. The third kappa shape index (κ3) is 4.89. The molecule has 0 radical (unpaired) electrons. The first-order valence-corrected chi connectivity index (χ1v) is 7.16. The van der Waals surface area contributed by atoms with E-state index < -0.39 is 6.36 Å². The Morgan fingerprint density at radius 3 is 2.48 bits per heavy atom. The molecular weight excluding hydrogens is 281 g/mol. The van der Waals surface area contributed by atoms with Gasteiger partial charge >= 0.3 is 6.36 Å². The lowest BCUT2D eigenvalue weighted by Gasteiger charge is -2.37. The van der Waals surface area contributed by atoms with Crippen LogP contribution in [0.3, 0.4) is 0 Å². The molecule has 1 aliphatic heterocycles. The largest absolute Gasteiger partial charge is 0.573 e. The van der Waals surface area contributed by atoms with Gasteiger partial charge in [-0.3, -0.25) is 4.90 Å². The Morgan fingerprint density at radius 1 is 1.24 bits per heavy atom. The van der Waals surface area contributed by atoms with Gasteiger partial charge in [-0.15, -0.1) is 13.2 Å². The highest BCUT2D eigenvalue weighted by molar-refractivity contribution is 5.27. The van der Waals surface area contributed by atoms with E-state index in [-0.39, 0.29) is 5.75 Å². The van der Waals surface area contributed by atoms with Crippen molar-refractivity contribution in [2.45, 2.75) is 38.7 Å². The normalized spacial score (nSPS) is 24.0. The minimum Gasteiger partial charge on any atom is -0.406 e. The van der Waals surface area contributed by atoms with Gasteiger partial charge in [0.2, 0.25) is 0 Å². The summed E-state index contributed by atoms with van der Waals surface area (Å²) in [7, 11) is 0. The number of benzene rings is 1. The van der Waals surface area contributed by atoms with Gasteiger partial charge in [-0.25, -0.2) is 0 Å². The number of nitrogens with two attached hydrogens (primary N) is 1. The number of nitrogens with zero attached hydrogens (tertiary/aromatic N) is 1. The first-order chi connectivity index (χ1) is 9.87. The molecule has 1 heterocycles. The first-order valence-electron chi connectivity index (χ1n) is 7.16. The van der Waals surface area contributed by atoms with Crippen LogP contribution in [0.25, 0.3) is 0 Å². The average Bonchev–Trinajstić information content (AvgIpc) is 2.42. The molecule has 1 aliphatic rings. The lowest BCUT2D eigenvalue weighted by molar-refractivity contribution is -0.274. The zero-order valence-corrected chi connectivity index (χ0v) is 12.1. The van der Waals surface area contributed by atoms with Gasteiger partial charge in [-0.1, -0.05) is 12.1 Å². The van der Waals surface area contributed by atoms with E-state index in [1.54, 1.807) is 12.1 Å². The summed E-state index contributed by atoms with van der Waals surface area (Å²) >= 11 is 0. The molecule has 0 aliphatic carbocycles. The molecule has 0 aromatic heterocycles. The highest BCUT2D eigenvalue weighted by Gasteiger charge is 2.31. The minimum absolute atomic E-state index is 0.183. The summed E-state index contributed by atoms with van der Waals surface area (Å²) in [6.45, 7) is 4.53. The number of hydrogen-bond donors (Lipinski definition) is 1. The maximum absolute atomic E-state index is 12.1. The van der Waals surface area contributed by atoms with Crippen LogP contribution in [0.2, 0.25) is 0 Å². The Kier molecular flexibility index (Phi) is 5.11. The summed E-state index contributed by atoms with van der Waals surface area (Å²) in [6.07, 6.45) is -2.39. The van der Waals surface area contributed by atoms with Gasteiger partial charge < -0.3 is 10.5 Å². The molecule has 0 spiro atoms. The second-order valence-electron chi connectivity index (χ2n) is 5.65. The lowest BCUT2D eigenvalue weighted by Crippen LogP contribution is -2.43. The van der Waals surface area contributed by atoms with Crippen LogP contribution in [0.5, 0.6) is 5.75 Å². The molecule has 1 saturated heterocycles. The van der Waals surface area contributed by atoms with Crippen LogP contribution >= 0.6 is 0 Å². The highest BCUT2D eigenvalue weighted by Crippen LogP contribution is 2.25. The predicted octanol–water partition coefficient (Wildman–Crippen LogP) is 3.14. The second-order valence-corrected chi connectivity index (χ2v) is 5.65. The molecule has 0 bridgehead atoms. The van der Waals surface area contributed by atoms with Gasteiger partial charge in [-0.2, -0.15) is 0 Å². The average molecular weight is 302 g/mol. The van der Waals surface area contributed by atoms with Crippen LogP contribution in [0.15, 0.2) is 24.3 Å². The van der Waals surface area contributed by atoms with Crippen molar-refractivity contribution in [1.29, 1.82) is 0 Å². The number of ether oxygens (including phenoxy) is 1. The zero-order valence-electron chi connectivity index (χ0n) is 12.1. The maximum atomic E-state index is 12.1. The van der Waals surface area contributed by atoms with Gasteiger partial charge in [-0.05, 0) is 49.9 Å². The predicted molar refractivity (Wildman–Crippen MR) is 74.8 cm³/mol. The van der Waals surface area contributed by atoms with Crippen LogP contribution in [0.4, 0.5) is 13.2 Å². The number of halogens is 3. The fraction of sp³-hybridized carbons (Fsp3) is 0.600. The molecule has 21 heavy (non-hydrogen) atoms. The molecule has 0 amide bonds. The van der Waals surface area contributed by atoms with E-state index in [9.17, 15) is 13.2 Å². The van der Waals surface area contributed by atoms with Gasteiger partial charge in [0.15, 0.2) is 0 Å². The van der Waals surface area contributed by atoms with Crippen molar-refractivity contribution in [3.63, 3.8) is 0 Å². The number of rotatable bonds is 4. The maximum Gasteiger partial charge on any atom is 0.573 e. The van der Waals surface area contributed by atoms with Crippen molar-refractivity contribution in [2.24, 2.45) is 11.7 Å². The van der Waals surface area contributed by atoms with Crippen molar-refractivity contribution >= 4 is 0 Å². The molecule has 2 atom stereocenters. The quantitative estimate of drug-likeness (QED) is 0.928. The van der Waals surface area contributed by atoms with Crippen LogP contribution in [-0.2, 0) is 6.54 Å². The first kappa shape index (κ1) is 16.1. The SMILES string of the molecule is CC1CCC(CN)CN1Cc1ccc(OC(F)(F)F)cc1. The van der Waals surface area contributed by atoms with Crippen LogP contribution in [0.1, 0.15) is 25.3 Å². The van der Waals surface area contributed by atoms with Crippen molar-refractivity contribution in [3.8, 4) is 5.75 Å². The highest BCUT2D eigenvalue weighted by atomic mass is 19.4. The monoisotopic (exact) mass is 302 g/mol. The van der Waals surface area contributed by atoms with Crippen LogP contribution in [-0.4, -0.2) is 30.4 Å². The molecule has 2 unspecified atom stereocenters. The Morgan fingerprint density at radius 2 is 1.90 bits per heavy atom. The number of hydrogen-bond acceptors (Lipinski definition) is 3. The minimum atomic E-state index is -4.64. The lowest BCUT2D eigenvalue weighted by atomic mass is 9.93. The third-order valence-corrected chi connectivity index (χ3v) is 3.98. The molecule has 6 heteroatoms. The van der Waals surface area contributed by atoms with Crippen molar-refractivity contribution < 1.29 is 17.9 Å².